The van der Waals surface area contributed by atoms with Gasteiger partial charge in [-0.25, -0.2) is 4.98 Å². The van der Waals surface area contributed by atoms with E-state index < -0.39 is 0 Å². The van der Waals surface area contributed by atoms with Gasteiger partial charge in [0.25, 0.3) is 0 Å². The molecule has 0 radical (unpaired) electrons. The summed E-state index contributed by atoms with van der Waals surface area (Å²) in [5.74, 6) is 0. The molecule has 3 aromatic rings. The molecule has 106 valence electrons. The fourth-order valence-electron chi connectivity index (χ4n) is 2.77. The molecule has 1 saturated heterocycles. The van der Waals surface area contributed by atoms with Gasteiger partial charge in [0.15, 0.2) is 0 Å². The number of thiophene rings is 1. The van der Waals surface area contributed by atoms with Gasteiger partial charge >= 0.3 is 0 Å². The number of rotatable bonds is 2. The monoisotopic (exact) mass is 296 g/mol. The van der Waals surface area contributed by atoms with Crippen LogP contribution < -0.4 is 4.90 Å². The summed E-state index contributed by atoms with van der Waals surface area (Å²) < 4.78 is 5.48. The molecule has 1 fully saturated rings. The van der Waals surface area contributed by atoms with Crippen LogP contribution in [0.4, 0.5) is 5.69 Å². The molecule has 0 unspecified atom stereocenters. The number of benzene rings is 1. The third-order valence-corrected chi connectivity index (χ3v) is 4.71. The Labute approximate surface area is 127 Å². The number of fused-ring (bicyclic) bond motifs is 1. The van der Waals surface area contributed by atoms with Crippen molar-refractivity contribution in [1.82, 2.24) is 4.98 Å². The van der Waals surface area contributed by atoms with E-state index in [9.17, 15) is 0 Å². The summed E-state index contributed by atoms with van der Waals surface area (Å²) in [6.07, 6.45) is 0. The van der Waals surface area contributed by atoms with Crippen molar-refractivity contribution >= 4 is 27.9 Å². The first-order valence-electron chi connectivity index (χ1n) is 7.18. The standard InChI is InChI=1S/C17H16N2OS/c1-2-5-14-13(4-1)16(19-7-9-20-10-8-19)12-15(18-14)17-6-3-11-21-17/h1-6,11-12H,7-10H2. The minimum atomic E-state index is 0.797. The second-order valence-electron chi connectivity index (χ2n) is 5.12. The average molecular weight is 296 g/mol. The number of ether oxygens (including phenoxy) is 1. The second kappa shape index (κ2) is 5.47. The lowest BCUT2D eigenvalue weighted by molar-refractivity contribution is 0.123. The van der Waals surface area contributed by atoms with Crippen LogP contribution in [0.3, 0.4) is 0 Å². The Balaban J connectivity index is 1.90. The van der Waals surface area contributed by atoms with Crippen molar-refractivity contribution < 1.29 is 4.74 Å². The van der Waals surface area contributed by atoms with E-state index in [4.69, 9.17) is 9.72 Å². The van der Waals surface area contributed by atoms with Gasteiger partial charge < -0.3 is 9.64 Å². The van der Waals surface area contributed by atoms with Gasteiger partial charge in [-0.15, -0.1) is 11.3 Å². The van der Waals surface area contributed by atoms with Gasteiger partial charge in [0, 0.05) is 24.2 Å². The highest BCUT2D eigenvalue weighted by atomic mass is 32.1. The molecule has 0 bridgehead atoms. The molecular weight excluding hydrogens is 280 g/mol. The largest absolute Gasteiger partial charge is 0.378 e. The zero-order valence-electron chi connectivity index (χ0n) is 11.7. The Kier molecular flexibility index (Phi) is 3.33. The van der Waals surface area contributed by atoms with Crippen LogP contribution in [0.15, 0.2) is 47.8 Å². The van der Waals surface area contributed by atoms with Crippen LogP contribution in [0, 0.1) is 0 Å². The summed E-state index contributed by atoms with van der Waals surface area (Å²) in [5, 5.41) is 3.32. The number of hydrogen-bond acceptors (Lipinski definition) is 4. The molecule has 4 heteroatoms. The summed E-state index contributed by atoms with van der Waals surface area (Å²) >= 11 is 1.73. The van der Waals surface area contributed by atoms with Gasteiger partial charge in [-0.2, -0.15) is 0 Å². The minimum absolute atomic E-state index is 0.797. The maximum atomic E-state index is 5.48. The molecular formula is C17H16N2OS. The van der Waals surface area contributed by atoms with E-state index in [2.05, 4.69) is 52.7 Å². The van der Waals surface area contributed by atoms with Gasteiger partial charge in [-0.05, 0) is 23.6 Å². The summed E-state index contributed by atoms with van der Waals surface area (Å²) in [7, 11) is 0. The van der Waals surface area contributed by atoms with Crippen molar-refractivity contribution in [3.8, 4) is 10.6 Å². The summed E-state index contributed by atoms with van der Waals surface area (Å²) in [6.45, 7) is 3.48. The Bertz CT molecular complexity index is 749. The first-order chi connectivity index (χ1) is 10.4. The summed E-state index contributed by atoms with van der Waals surface area (Å²) in [6, 6.07) is 14.8. The van der Waals surface area contributed by atoms with E-state index in [-0.39, 0.29) is 0 Å². The predicted molar refractivity (Wildman–Crippen MR) is 88.1 cm³/mol. The highest BCUT2D eigenvalue weighted by molar-refractivity contribution is 7.13. The molecule has 2 aromatic heterocycles. The van der Waals surface area contributed by atoms with Crippen molar-refractivity contribution in [2.75, 3.05) is 31.2 Å². The maximum Gasteiger partial charge on any atom is 0.0830 e. The second-order valence-corrected chi connectivity index (χ2v) is 6.07. The highest BCUT2D eigenvalue weighted by Gasteiger charge is 2.16. The third-order valence-electron chi connectivity index (χ3n) is 3.82. The third kappa shape index (κ3) is 2.41. The van der Waals surface area contributed by atoms with Crippen LogP contribution in [0.5, 0.6) is 0 Å². The van der Waals surface area contributed by atoms with Crippen molar-refractivity contribution in [2.45, 2.75) is 0 Å². The molecule has 3 nitrogen and oxygen atoms in total. The minimum Gasteiger partial charge on any atom is -0.378 e. The molecule has 0 saturated carbocycles. The Hall–Kier alpha value is -1.91. The average Bonchev–Trinajstić information content (AvgIpc) is 3.09. The van der Waals surface area contributed by atoms with Gasteiger partial charge in [-0.1, -0.05) is 24.3 Å². The molecule has 0 N–H and O–H groups in total. The van der Waals surface area contributed by atoms with Crippen LogP contribution in [0.2, 0.25) is 0 Å². The molecule has 0 spiro atoms. The number of para-hydroxylation sites is 1. The number of hydrogen-bond donors (Lipinski definition) is 0. The van der Waals surface area contributed by atoms with E-state index in [0.29, 0.717) is 0 Å². The lowest BCUT2D eigenvalue weighted by Crippen LogP contribution is -2.36. The fourth-order valence-corrected chi connectivity index (χ4v) is 3.46. The van der Waals surface area contributed by atoms with Gasteiger partial charge in [0.05, 0.1) is 29.3 Å². The molecule has 1 aliphatic rings. The first kappa shape index (κ1) is 12.8. The van der Waals surface area contributed by atoms with E-state index >= 15 is 0 Å². The van der Waals surface area contributed by atoms with Gasteiger partial charge in [-0.3, -0.25) is 0 Å². The topological polar surface area (TPSA) is 25.4 Å². The quantitative estimate of drug-likeness (QED) is 0.719. The van der Waals surface area contributed by atoms with Gasteiger partial charge in [0.1, 0.15) is 0 Å². The maximum absolute atomic E-state index is 5.48. The van der Waals surface area contributed by atoms with Crippen LogP contribution in [0.25, 0.3) is 21.5 Å². The molecule has 1 aromatic carbocycles. The molecule has 0 aliphatic carbocycles. The lowest BCUT2D eigenvalue weighted by atomic mass is 10.1. The van der Waals surface area contributed by atoms with Crippen molar-refractivity contribution in [3.63, 3.8) is 0 Å². The molecule has 4 rings (SSSR count). The van der Waals surface area contributed by atoms with Crippen LogP contribution >= 0.6 is 11.3 Å². The van der Waals surface area contributed by atoms with E-state index in [1.165, 1.54) is 16.0 Å². The Morgan fingerprint density at radius 1 is 1.05 bits per heavy atom. The number of pyridine rings is 1. The van der Waals surface area contributed by atoms with Crippen molar-refractivity contribution in [3.05, 3.63) is 47.8 Å². The lowest BCUT2D eigenvalue weighted by Gasteiger charge is -2.30. The Morgan fingerprint density at radius 3 is 2.71 bits per heavy atom. The summed E-state index contributed by atoms with van der Waals surface area (Å²) in [4.78, 5) is 8.45. The van der Waals surface area contributed by atoms with Crippen LogP contribution in [-0.4, -0.2) is 31.3 Å². The SMILES string of the molecule is c1csc(-c2cc(N3CCOCC3)c3ccccc3n2)c1. The zero-order valence-corrected chi connectivity index (χ0v) is 12.5. The zero-order chi connectivity index (χ0) is 14.1. The van der Waals surface area contributed by atoms with E-state index in [0.717, 1.165) is 37.5 Å². The number of anilines is 1. The van der Waals surface area contributed by atoms with Crippen LogP contribution in [-0.2, 0) is 4.74 Å². The molecule has 0 amide bonds. The van der Waals surface area contributed by atoms with Crippen molar-refractivity contribution in [1.29, 1.82) is 0 Å². The smallest absolute Gasteiger partial charge is 0.0830 e. The van der Waals surface area contributed by atoms with E-state index in [1.54, 1.807) is 11.3 Å². The summed E-state index contributed by atoms with van der Waals surface area (Å²) in [5.41, 5.74) is 3.39. The van der Waals surface area contributed by atoms with Crippen LogP contribution in [0.1, 0.15) is 0 Å². The normalized spacial score (nSPS) is 15.5. The van der Waals surface area contributed by atoms with E-state index in [1.807, 2.05) is 0 Å². The molecule has 21 heavy (non-hydrogen) atoms. The Morgan fingerprint density at radius 2 is 1.90 bits per heavy atom. The molecule has 0 atom stereocenters. The predicted octanol–water partition coefficient (Wildman–Crippen LogP) is 3.80. The highest BCUT2D eigenvalue weighted by Crippen LogP contribution is 2.32. The first-order valence-corrected chi connectivity index (χ1v) is 8.06. The fraction of sp³-hybridized carbons (Fsp3) is 0.235. The van der Waals surface area contributed by atoms with Crippen molar-refractivity contribution in [2.24, 2.45) is 0 Å². The number of nitrogens with zero attached hydrogens (tertiary/aromatic N) is 2. The number of aromatic nitrogens is 1. The molecule has 3 heterocycles. The number of morpholine rings is 1. The molecule has 1 aliphatic heterocycles. The van der Waals surface area contributed by atoms with Gasteiger partial charge in [0.2, 0.25) is 0 Å².